The lowest BCUT2D eigenvalue weighted by atomic mass is 10.0. The van der Waals surface area contributed by atoms with Crippen LogP contribution in [-0.2, 0) is 11.2 Å². The molecule has 0 aromatic carbocycles. The maximum absolute atomic E-state index is 10.7. The Labute approximate surface area is 82.2 Å². The average Bonchev–Trinajstić information content (AvgIpc) is 2.54. The van der Waals surface area contributed by atoms with Crippen molar-refractivity contribution in [2.24, 2.45) is 0 Å². The summed E-state index contributed by atoms with van der Waals surface area (Å²) in [7, 11) is 0. The van der Waals surface area contributed by atoms with Gasteiger partial charge in [0.05, 0.1) is 0 Å². The molecule has 0 saturated carbocycles. The van der Waals surface area contributed by atoms with E-state index >= 15 is 0 Å². The number of nitrogens with zero attached hydrogens (tertiary/aromatic N) is 1. The summed E-state index contributed by atoms with van der Waals surface area (Å²) in [5, 5.41) is 2.15. The van der Waals surface area contributed by atoms with Crippen LogP contribution in [0.4, 0.5) is 0 Å². The van der Waals surface area contributed by atoms with Gasteiger partial charge in [0, 0.05) is 18.0 Å². The summed E-state index contributed by atoms with van der Waals surface area (Å²) in [6.07, 6.45) is 1.99. The van der Waals surface area contributed by atoms with Crippen LogP contribution in [0.25, 0.3) is 0 Å². The molecule has 0 spiro atoms. The quantitative estimate of drug-likeness (QED) is 0.626. The van der Waals surface area contributed by atoms with Gasteiger partial charge in [-0.05, 0) is 29.3 Å². The maximum Gasteiger partial charge on any atom is 0.209 e. The minimum absolute atomic E-state index is 0.494. The highest BCUT2D eigenvalue weighted by molar-refractivity contribution is 7.10. The topological polar surface area (TPSA) is 20.3 Å². The van der Waals surface area contributed by atoms with Gasteiger partial charge >= 0.3 is 0 Å². The molecular formula is C10H13NOS. The molecule has 0 aliphatic carbocycles. The maximum atomic E-state index is 10.7. The second kappa shape index (κ2) is 3.50. The first kappa shape index (κ1) is 8.75. The van der Waals surface area contributed by atoms with Gasteiger partial charge in [-0.3, -0.25) is 4.79 Å². The fourth-order valence-electron chi connectivity index (χ4n) is 1.88. The fraction of sp³-hybridized carbons (Fsp3) is 0.500. The second-order valence-corrected chi connectivity index (χ2v) is 4.55. The van der Waals surface area contributed by atoms with Gasteiger partial charge in [-0.1, -0.05) is 6.92 Å². The van der Waals surface area contributed by atoms with E-state index < -0.39 is 0 Å². The molecule has 0 saturated heterocycles. The Hall–Kier alpha value is -0.830. The van der Waals surface area contributed by atoms with E-state index in [1.54, 1.807) is 0 Å². The molecule has 2 nitrogen and oxygen atoms in total. The van der Waals surface area contributed by atoms with E-state index in [-0.39, 0.29) is 0 Å². The molecule has 70 valence electrons. The molecule has 0 fully saturated rings. The molecule has 0 bridgehead atoms. The molecular weight excluding hydrogens is 182 g/mol. The third-order valence-electron chi connectivity index (χ3n) is 2.59. The summed E-state index contributed by atoms with van der Waals surface area (Å²) in [4.78, 5) is 14.0. The number of carbonyl (C=O) groups is 1. The van der Waals surface area contributed by atoms with Gasteiger partial charge in [0.1, 0.15) is 0 Å². The van der Waals surface area contributed by atoms with Crippen LogP contribution in [0.15, 0.2) is 11.4 Å². The fourth-order valence-corrected chi connectivity index (χ4v) is 2.87. The summed E-state index contributed by atoms with van der Waals surface area (Å²) in [6.45, 7) is 3.93. The van der Waals surface area contributed by atoms with E-state index in [1.165, 1.54) is 10.4 Å². The number of fused-ring (bicyclic) bond motifs is 1. The number of thiophene rings is 1. The summed E-state index contributed by atoms with van der Waals surface area (Å²) in [6, 6.07) is 2.19. The van der Waals surface area contributed by atoms with Gasteiger partial charge in [-0.25, -0.2) is 0 Å². The number of rotatable bonds is 1. The normalized spacial score (nSPS) is 22.2. The molecule has 3 heteroatoms. The zero-order valence-corrected chi connectivity index (χ0v) is 8.51. The molecule has 0 N–H and O–H groups in total. The average molecular weight is 195 g/mol. The molecule has 1 amide bonds. The monoisotopic (exact) mass is 195 g/mol. The van der Waals surface area contributed by atoms with Crippen molar-refractivity contribution in [3.8, 4) is 0 Å². The molecule has 2 heterocycles. The molecule has 1 aliphatic heterocycles. The van der Waals surface area contributed by atoms with Gasteiger partial charge in [0.15, 0.2) is 0 Å². The van der Waals surface area contributed by atoms with Crippen LogP contribution < -0.4 is 0 Å². The van der Waals surface area contributed by atoms with Gasteiger partial charge in [-0.15, -0.1) is 11.3 Å². The van der Waals surface area contributed by atoms with Crippen LogP contribution in [-0.4, -0.2) is 24.4 Å². The van der Waals surface area contributed by atoms with Crippen LogP contribution in [0.1, 0.15) is 23.3 Å². The lowest BCUT2D eigenvalue weighted by Gasteiger charge is -2.16. The van der Waals surface area contributed by atoms with Crippen molar-refractivity contribution < 1.29 is 4.79 Å². The van der Waals surface area contributed by atoms with Crippen LogP contribution >= 0.6 is 11.3 Å². The number of carbonyl (C=O) groups excluding carboxylic acids is 1. The zero-order chi connectivity index (χ0) is 9.26. The van der Waals surface area contributed by atoms with Gasteiger partial charge < -0.3 is 4.90 Å². The molecule has 1 aromatic rings. The molecule has 1 unspecified atom stereocenters. The first-order valence-electron chi connectivity index (χ1n) is 4.57. The Morgan fingerprint density at radius 3 is 3.31 bits per heavy atom. The van der Waals surface area contributed by atoms with Crippen LogP contribution in [0.5, 0.6) is 0 Å². The Balaban J connectivity index is 2.25. The van der Waals surface area contributed by atoms with Gasteiger partial charge in [0.2, 0.25) is 6.41 Å². The Morgan fingerprint density at radius 1 is 1.69 bits per heavy atom. The van der Waals surface area contributed by atoms with Crippen LogP contribution in [0.3, 0.4) is 0 Å². The van der Waals surface area contributed by atoms with Crippen molar-refractivity contribution in [3.05, 3.63) is 21.9 Å². The minimum Gasteiger partial charge on any atom is -0.344 e. The summed E-state index contributed by atoms with van der Waals surface area (Å²) in [5.74, 6) is 0.494. The summed E-state index contributed by atoms with van der Waals surface area (Å²) >= 11 is 1.81. The second-order valence-electron chi connectivity index (χ2n) is 3.55. The van der Waals surface area contributed by atoms with Crippen molar-refractivity contribution in [2.45, 2.75) is 19.3 Å². The first-order valence-corrected chi connectivity index (χ1v) is 5.45. The van der Waals surface area contributed by atoms with E-state index in [1.807, 2.05) is 16.2 Å². The predicted octanol–water partition coefficient (Wildman–Crippen LogP) is 1.87. The van der Waals surface area contributed by atoms with E-state index in [0.717, 1.165) is 25.9 Å². The van der Waals surface area contributed by atoms with E-state index in [9.17, 15) is 4.79 Å². The molecule has 1 atom stereocenters. The van der Waals surface area contributed by atoms with E-state index in [0.29, 0.717) is 5.92 Å². The highest BCUT2D eigenvalue weighted by Crippen LogP contribution is 2.28. The van der Waals surface area contributed by atoms with Gasteiger partial charge in [-0.2, -0.15) is 0 Å². The minimum atomic E-state index is 0.494. The van der Waals surface area contributed by atoms with Crippen LogP contribution in [0.2, 0.25) is 0 Å². The van der Waals surface area contributed by atoms with E-state index in [2.05, 4.69) is 18.4 Å². The van der Waals surface area contributed by atoms with E-state index in [4.69, 9.17) is 0 Å². The van der Waals surface area contributed by atoms with Crippen molar-refractivity contribution in [1.82, 2.24) is 4.90 Å². The van der Waals surface area contributed by atoms with Crippen molar-refractivity contribution in [1.29, 1.82) is 0 Å². The molecule has 2 rings (SSSR count). The summed E-state index contributed by atoms with van der Waals surface area (Å²) < 4.78 is 0. The van der Waals surface area contributed by atoms with Crippen molar-refractivity contribution in [2.75, 3.05) is 13.1 Å². The van der Waals surface area contributed by atoms with Crippen molar-refractivity contribution in [3.63, 3.8) is 0 Å². The zero-order valence-electron chi connectivity index (χ0n) is 7.69. The number of hydrogen-bond acceptors (Lipinski definition) is 2. The molecule has 1 aliphatic rings. The number of hydrogen-bond donors (Lipinski definition) is 0. The third kappa shape index (κ3) is 1.61. The predicted molar refractivity (Wildman–Crippen MR) is 54.1 cm³/mol. The standard InChI is InChI=1S/C10H13NOS/c1-8-6-11(7-12)4-2-10-9(8)3-5-13-10/h3,5,7-8H,2,4,6H2,1H3. The van der Waals surface area contributed by atoms with Crippen LogP contribution in [0, 0.1) is 0 Å². The molecule has 13 heavy (non-hydrogen) atoms. The highest BCUT2D eigenvalue weighted by atomic mass is 32.1. The SMILES string of the molecule is CC1CN(C=O)CCc2sccc21. The largest absolute Gasteiger partial charge is 0.344 e. The molecule has 1 aromatic heterocycles. The smallest absolute Gasteiger partial charge is 0.209 e. The first-order chi connectivity index (χ1) is 6.31. The third-order valence-corrected chi connectivity index (χ3v) is 3.59. The lowest BCUT2D eigenvalue weighted by Crippen LogP contribution is -2.25. The van der Waals surface area contributed by atoms with Crippen molar-refractivity contribution >= 4 is 17.7 Å². The number of amides is 1. The molecule has 0 radical (unpaired) electrons. The lowest BCUT2D eigenvalue weighted by molar-refractivity contribution is -0.118. The Kier molecular flexibility index (Phi) is 2.36. The Bertz CT molecular complexity index is 308. The summed E-state index contributed by atoms with van der Waals surface area (Å²) in [5.41, 5.74) is 1.44. The highest BCUT2D eigenvalue weighted by Gasteiger charge is 2.19. The Morgan fingerprint density at radius 2 is 2.54 bits per heavy atom. The van der Waals surface area contributed by atoms with Gasteiger partial charge in [0.25, 0.3) is 0 Å².